The lowest BCUT2D eigenvalue weighted by Crippen LogP contribution is -2.32. The van der Waals surface area contributed by atoms with Crippen molar-refractivity contribution in [2.75, 3.05) is 14.2 Å². The third-order valence-electron chi connectivity index (χ3n) is 1.95. The van der Waals surface area contributed by atoms with Gasteiger partial charge in [0.05, 0.1) is 14.2 Å². The van der Waals surface area contributed by atoms with Gasteiger partial charge < -0.3 is 20.3 Å². The predicted molar refractivity (Wildman–Crippen MR) is 51.9 cm³/mol. The van der Waals surface area contributed by atoms with E-state index < -0.39 is 18.1 Å². The third kappa shape index (κ3) is 6.03. The third-order valence-corrected chi connectivity index (χ3v) is 1.95. The number of esters is 2. The molecule has 0 aromatic rings. The lowest BCUT2D eigenvalue weighted by Gasteiger charge is -2.13. The van der Waals surface area contributed by atoms with Gasteiger partial charge in [-0.05, 0) is 12.8 Å². The number of hydrogen-bond acceptors (Lipinski definition) is 6. The van der Waals surface area contributed by atoms with Crippen molar-refractivity contribution in [2.24, 2.45) is 5.73 Å². The Morgan fingerprint density at radius 1 is 1.33 bits per heavy atom. The summed E-state index contributed by atoms with van der Waals surface area (Å²) in [5, 5.41) is 9.24. The molecule has 2 atom stereocenters. The number of methoxy groups -OCH3 is 2. The number of nitrogens with two attached hydrogens (primary N) is 1. The molecule has 2 unspecified atom stereocenters. The van der Waals surface area contributed by atoms with E-state index in [1.54, 1.807) is 0 Å². The van der Waals surface area contributed by atoms with Gasteiger partial charge in [0, 0.05) is 12.5 Å². The molecular weight excluding hydrogens is 202 g/mol. The van der Waals surface area contributed by atoms with Gasteiger partial charge in [-0.2, -0.15) is 0 Å². The Balaban J connectivity index is 3.78. The first kappa shape index (κ1) is 13.9. The Morgan fingerprint density at radius 3 is 2.40 bits per heavy atom. The minimum Gasteiger partial charge on any atom is -0.469 e. The average Bonchev–Trinajstić information content (AvgIpc) is 2.24. The molecule has 0 aliphatic rings. The van der Waals surface area contributed by atoms with Crippen LogP contribution in [-0.2, 0) is 19.1 Å². The molecule has 0 saturated heterocycles. The molecule has 15 heavy (non-hydrogen) atoms. The zero-order chi connectivity index (χ0) is 11.8. The number of aliphatic hydroxyl groups excluding tert-OH is 1. The second-order valence-corrected chi connectivity index (χ2v) is 3.15. The van der Waals surface area contributed by atoms with Crippen molar-refractivity contribution in [3.05, 3.63) is 0 Å². The molecule has 0 aromatic carbocycles. The van der Waals surface area contributed by atoms with Crippen molar-refractivity contribution in [3.8, 4) is 0 Å². The SMILES string of the molecule is COC(=O)CCC(N)CC(O)C(=O)OC. The molecule has 0 amide bonds. The molecule has 0 radical (unpaired) electrons. The summed E-state index contributed by atoms with van der Waals surface area (Å²) in [7, 11) is 2.47. The molecule has 0 aliphatic carbocycles. The van der Waals surface area contributed by atoms with E-state index in [-0.39, 0.29) is 18.8 Å². The van der Waals surface area contributed by atoms with Gasteiger partial charge in [-0.15, -0.1) is 0 Å². The molecule has 6 heteroatoms. The smallest absolute Gasteiger partial charge is 0.334 e. The van der Waals surface area contributed by atoms with Crippen LogP contribution in [0.3, 0.4) is 0 Å². The monoisotopic (exact) mass is 219 g/mol. The van der Waals surface area contributed by atoms with Crippen LogP contribution in [0.4, 0.5) is 0 Å². The highest BCUT2D eigenvalue weighted by atomic mass is 16.5. The number of hydrogen-bond donors (Lipinski definition) is 2. The van der Waals surface area contributed by atoms with Gasteiger partial charge in [0.25, 0.3) is 0 Å². The maximum absolute atomic E-state index is 10.8. The van der Waals surface area contributed by atoms with Crippen LogP contribution in [0.1, 0.15) is 19.3 Å². The molecule has 0 rings (SSSR count). The molecule has 6 nitrogen and oxygen atoms in total. The maximum Gasteiger partial charge on any atom is 0.334 e. The van der Waals surface area contributed by atoms with E-state index in [0.717, 1.165) is 0 Å². The highest BCUT2D eigenvalue weighted by Gasteiger charge is 2.19. The number of carbonyl (C=O) groups is 2. The summed E-state index contributed by atoms with van der Waals surface area (Å²) >= 11 is 0. The first-order valence-corrected chi connectivity index (χ1v) is 4.59. The highest BCUT2D eigenvalue weighted by Crippen LogP contribution is 2.05. The second kappa shape index (κ2) is 7.19. The fraction of sp³-hybridized carbons (Fsp3) is 0.778. The molecule has 0 aromatic heterocycles. The zero-order valence-electron chi connectivity index (χ0n) is 8.93. The fourth-order valence-corrected chi connectivity index (χ4v) is 1.04. The molecule has 3 N–H and O–H groups in total. The molecule has 0 aliphatic heterocycles. The Morgan fingerprint density at radius 2 is 1.93 bits per heavy atom. The second-order valence-electron chi connectivity index (χ2n) is 3.15. The van der Waals surface area contributed by atoms with Crippen LogP contribution < -0.4 is 5.73 Å². The van der Waals surface area contributed by atoms with Crippen molar-refractivity contribution >= 4 is 11.9 Å². The number of rotatable bonds is 6. The van der Waals surface area contributed by atoms with Gasteiger partial charge in [-0.3, -0.25) is 4.79 Å². The van der Waals surface area contributed by atoms with E-state index in [9.17, 15) is 14.7 Å². The van der Waals surface area contributed by atoms with Gasteiger partial charge >= 0.3 is 11.9 Å². The molecule has 0 heterocycles. The van der Waals surface area contributed by atoms with Gasteiger partial charge in [-0.1, -0.05) is 0 Å². The molecule has 0 fully saturated rings. The van der Waals surface area contributed by atoms with Crippen molar-refractivity contribution in [1.82, 2.24) is 0 Å². The zero-order valence-corrected chi connectivity index (χ0v) is 8.93. The first-order chi connectivity index (χ1) is 7.01. The lowest BCUT2D eigenvalue weighted by atomic mass is 10.1. The van der Waals surface area contributed by atoms with Crippen LogP contribution in [0.5, 0.6) is 0 Å². The van der Waals surface area contributed by atoms with E-state index in [2.05, 4.69) is 9.47 Å². The van der Waals surface area contributed by atoms with Crippen molar-refractivity contribution < 1.29 is 24.2 Å². The van der Waals surface area contributed by atoms with Crippen molar-refractivity contribution in [3.63, 3.8) is 0 Å². The molecule has 0 bridgehead atoms. The van der Waals surface area contributed by atoms with Gasteiger partial charge in [0.15, 0.2) is 6.10 Å². The van der Waals surface area contributed by atoms with E-state index >= 15 is 0 Å². The highest BCUT2D eigenvalue weighted by molar-refractivity contribution is 5.74. The molecular formula is C9H17NO5. The van der Waals surface area contributed by atoms with Gasteiger partial charge in [-0.25, -0.2) is 4.79 Å². The van der Waals surface area contributed by atoms with Crippen LogP contribution >= 0.6 is 0 Å². The van der Waals surface area contributed by atoms with Gasteiger partial charge in [0.1, 0.15) is 0 Å². The molecule has 88 valence electrons. The first-order valence-electron chi connectivity index (χ1n) is 4.59. The van der Waals surface area contributed by atoms with Crippen LogP contribution in [-0.4, -0.2) is 43.4 Å². The summed E-state index contributed by atoms with van der Waals surface area (Å²) in [6.07, 6.45) is -0.627. The summed E-state index contributed by atoms with van der Waals surface area (Å²) in [5.41, 5.74) is 5.59. The normalized spacial score (nSPS) is 14.1. The lowest BCUT2D eigenvalue weighted by molar-refractivity contribution is -0.150. The number of ether oxygens (including phenoxy) is 2. The summed E-state index contributed by atoms with van der Waals surface area (Å²) in [4.78, 5) is 21.6. The standard InChI is InChI=1S/C9H17NO5/c1-14-8(12)4-3-6(10)5-7(11)9(13)15-2/h6-7,11H,3-5,10H2,1-2H3. The summed E-state index contributed by atoms with van der Waals surface area (Å²) in [6, 6.07) is -0.432. The summed E-state index contributed by atoms with van der Waals surface area (Å²) in [5.74, 6) is -1.08. The molecule has 0 saturated carbocycles. The quantitative estimate of drug-likeness (QED) is 0.567. The predicted octanol–water partition coefficient (Wildman–Crippen LogP) is -0.809. The summed E-state index contributed by atoms with van der Waals surface area (Å²) < 4.78 is 8.75. The Kier molecular flexibility index (Phi) is 6.64. The largest absolute Gasteiger partial charge is 0.469 e. The van der Waals surface area contributed by atoms with Gasteiger partial charge in [0.2, 0.25) is 0 Å². The topological polar surface area (TPSA) is 98.9 Å². The van der Waals surface area contributed by atoms with E-state index in [1.807, 2.05) is 0 Å². The van der Waals surface area contributed by atoms with Crippen molar-refractivity contribution in [1.29, 1.82) is 0 Å². The van der Waals surface area contributed by atoms with E-state index in [1.165, 1.54) is 14.2 Å². The minimum atomic E-state index is -1.23. The Bertz CT molecular complexity index is 219. The Hall–Kier alpha value is -1.14. The van der Waals surface area contributed by atoms with E-state index in [4.69, 9.17) is 5.73 Å². The Labute approximate surface area is 88.3 Å². The summed E-state index contributed by atoms with van der Waals surface area (Å²) in [6.45, 7) is 0. The number of carbonyl (C=O) groups excluding carboxylic acids is 2. The van der Waals surface area contributed by atoms with Crippen LogP contribution in [0.25, 0.3) is 0 Å². The van der Waals surface area contributed by atoms with Crippen molar-refractivity contribution in [2.45, 2.75) is 31.4 Å². The minimum absolute atomic E-state index is 0.0731. The van der Waals surface area contributed by atoms with Crippen LogP contribution in [0.15, 0.2) is 0 Å². The van der Waals surface area contributed by atoms with Crippen LogP contribution in [0.2, 0.25) is 0 Å². The van der Waals surface area contributed by atoms with E-state index in [0.29, 0.717) is 6.42 Å². The van der Waals surface area contributed by atoms with Crippen LogP contribution in [0, 0.1) is 0 Å². The number of aliphatic hydroxyl groups is 1. The molecule has 0 spiro atoms. The maximum atomic E-state index is 10.8. The fourth-order valence-electron chi connectivity index (χ4n) is 1.04. The average molecular weight is 219 g/mol.